The number of methoxy groups -OCH3 is 1. The molecule has 6 aromatic rings. The summed E-state index contributed by atoms with van der Waals surface area (Å²) in [6, 6.07) is 23.9. The fraction of sp³-hybridized carbons (Fsp3) is 0.244. The number of hydrogen-bond donors (Lipinski definition) is 5. The van der Waals surface area contributed by atoms with Gasteiger partial charge < -0.3 is 29.7 Å². The Morgan fingerprint density at radius 1 is 0.696 bits per heavy atom. The van der Waals surface area contributed by atoms with Crippen LogP contribution < -0.4 is 19.5 Å². The summed E-state index contributed by atoms with van der Waals surface area (Å²) in [5.74, 6) is -0.196. The maximum Gasteiger partial charge on any atom is 0.335 e. The average Bonchev–Trinajstić information content (AvgIpc) is 3.31. The topological polar surface area (TPSA) is 294 Å². The van der Waals surface area contributed by atoms with Gasteiger partial charge in [0, 0.05) is 51.6 Å². The third-order valence-electron chi connectivity index (χ3n) is 9.69. The first-order chi connectivity index (χ1) is 32.9. The van der Waals surface area contributed by atoms with Crippen LogP contribution in [0, 0.1) is 0 Å². The van der Waals surface area contributed by atoms with Crippen LogP contribution in [0.1, 0.15) is 64.0 Å². The number of ether oxygens (including phenoxy) is 3. The highest BCUT2D eigenvalue weighted by Gasteiger charge is 2.20. The number of carboxylic acids is 1. The molecule has 0 radical (unpaired) electrons. The molecule has 0 atom stereocenters. The zero-order chi connectivity index (χ0) is 49.7. The van der Waals surface area contributed by atoms with Gasteiger partial charge in [-0.2, -0.15) is 37.0 Å². The quantitative estimate of drug-likeness (QED) is 0.0226. The molecule has 0 bridgehead atoms. The van der Waals surface area contributed by atoms with E-state index in [0.717, 1.165) is 17.2 Å². The number of aromatic nitrogens is 3. The number of aromatic carboxylic acids is 1. The third-order valence-corrected chi connectivity index (χ3v) is 12.6. The van der Waals surface area contributed by atoms with Crippen molar-refractivity contribution in [3.05, 3.63) is 139 Å². The summed E-state index contributed by atoms with van der Waals surface area (Å²) in [6.07, 6.45) is 0.830. The lowest BCUT2D eigenvalue weighted by atomic mass is 10.1. The van der Waals surface area contributed by atoms with Crippen LogP contribution in [0.25, 0.3) is 0 Å². The van der Waals surface area contributed by atoms with Crippen LogP contribution in [0.3, 0.4) is 0 Å². The summed E-state index contributed by atoms with van der Waals surface area (Å²) in [7, 11) is -7.71. The van der Waals surface area contributed by atoms with Gasteiger partial charge in [-0.1, -0.05) is 31.2 Å². The van der Waals surface area contributed by atoms with Crippen LogP contribution in [0.2, 0.25) is 0 Å². The van der Waals surface area contributed by atoms with Crippen molar-refractivity contribution in [2.75, 3.05) is 31.4 Å². The number of azo groups is 2. The van der Waals surface area contributed by atoms with E-state index in [1.54, 1.807) is 48.5 Å². The summed E-state index contributed by atoms with van der Waals surface area (Å²) in [6.45, 7) is 2.35. The predicted octanol–water partition coefficient (Wildman–Crippen LogP) is 9.91. The Morgan fingerprint density at radius 3 is 1.77 bits per heavy atom. The Kier molecular flexibility index (Phi) is 18.0. The van der Waals surface area contributed by atoms with Crippen molar-refractivity contribution in [2.24, 2.45) is 20.5 Å². The summed E-state index contributed by atoms with van der Waals surface area (Å²) in [5.41, 5.74) is 4.17. The van der Waals surface area contributed by atoms with Gasteiger partial charge in [0.1, 0.15) is 45.2 Å². The second kappa shape index (κ2) is 23.8. The summed E-state index contributed by atoms with van der Waals surface area (Å²) >= 11 is 7.16. The van der Waals surface area contributed by atoms with Crippen LogP contribution in [-0.2, 0) is 46.2 Å². The molecular formula is C45H44Br2N8O12S2. The standard InChI is InChI=1S/C45H44Br2N8O12S2/c1-3-15-66-39-23-36(54-52-32-11-7-28(26-56)8-12-32)34(46)18-30(39)20-42-49-43(51-45(50-42)48-25-27-5-9-29(10-6-27)44(57)58)21-31-19-35(47)37(24-40(31)67-16-4-17-68(59,60)61)55-53-33-13-14-38(65-2)41(22-33)69(62,63)64/h5-14,18-19,22-24,56H,3-4,15-17,20-21,25-26H2,1-2H3,(H,57,58)(H,59,60,61)(H,62,63,64)(H,48,49,50,51). The molecule has 24 heteroatoms. The summed E-state index contributed by atoms with van der Waals surface area (Å²) in [4.78, 5) is 25.3. The van der Waals surface area contributed by atoms with Gasteiger partial charge in [0.2, 0.25) is 5.95 Å². The first-order valence-corrected chi connectivity index (χ1v) is 25.4. The molecule has 6 rings (SSSR count). The zero-order valence-corrected chi connectivity index (χ0v) is 41.6. The molecule has 362 valence electrons. The molecular weight excluding hydrogens is 1070 g/mol. The molecule has 1 heterocycles. The highest BCUT2D eigenvalue weighted by molar-refractivity contribution is 9.11. The van der Waals surface area contributed by atoms with Gasteiger partial charge >= 0.3 is 5.97 Å². The second-order valence-corrected chi connectivity index (χ2v) is 19.6. The van der Waals surface area contributed by atoms with Gasteiger partial charge in [-0.3, -0.25) is 9.11 Å². The molecule has 0 aliphatic rings. The molecule has 0 fully saturated rings. The van der Waals surface area contributed by atoms with Gasteiger partial charge in [-0.15, -0.1) is 10.2 Å². The fourth-order valence-electron chi connectivity index (χ4n) is 6.31. The number of carboxylic acid groups (broad SMARTS) is 1. The van der Waals surface area contributed by atoms with Gasteiger partial charge in [-0.05, 0) is 110 Å². The van der Waals surface area contributed by atoms with Crippen LogP contribution in [0.4, 0.5) is 28.7 Å². The number of hydrogen-bond acceptors (Lipinski definition) is 17. The minimum Gasteiger partial charge on any atom is -0.495 e. The lowest BCUT2D eigenvalue weighted by Crippen LogP contribution is -2.12. The molecule has 0 unspecified atom stereocenters. The number of nitrogens with one attached hydrogen (secondary N) is 1. The Hall–Kier alpha value is -6.28. The fourth-order valence-corrected chi connectivity index (χ4v) is 8.41. The van der Waals surface area contributed by atoms with E-state index in [0.29, 0.717) is 56.0 Å². The van der Waals surface area contributed by atoms with Crippen molar-refractivity contribution in [2.45, 2.75) is 50.7 Å². The van der Waals surface area contributed by atoms with Crippen molar-refractivity contribution >= 4 is 86.8 Å². The average molecular weight is 1110 g/mol. The van der Waals surface area contributed by atoms with Crippen LogP contribution in [0.5, 0.6) is 17.2 Å². The van der Waals surface area contributed by atoms with E-state index in [1.807, 2.05) is 13.0 Å². The minimum atomic E-state index is -4.67. The number of benzene rings is 5. The molecule has 0 aliphatic carbocycles. The van der Waals surface area contributed by atoms with Gasteiger partial charge in [0.15, 0.2) is 0 Å². The van der Waals surface area contributed by atoms with Crippen LogP contribution in [0.15, 0.2) is 125 Å². The lowest BCUT2D eigenvalue weighted by molar-refractivity contribution is 0.0696. The minimum absolute atomic E-state index is 0.0266. The lowest BCUT2D eigenvalue weighted by Gasteiger charge is -2.15. The zero-order valence-electron chi connectivity index (χ0n) is 36.8. The van der Waals surface area contributed by atoms with Crippen molar-refractivity contribution in [1.82, 2.24) is 15.0 Å². The smallest absolute Gasteiger partial charge is 0.335 e. The van der Waals surface area contributed by atoms with Crippen molar-refractivity contribution < 1.29 is 55.2 Å². The van der Waals surface area contributed by atoms with Gasteiger partial charge in [-0.25, -0.2) is 9.78 Å². The highest BCUT2D eigenvalue weighted by Crippen LogP contribution is 2.38. The Labute approximate surface area is 413 Å². The molecule has 0 spiro atoms. The Bertz CT molecular complexity index is 3090. The number of aliphatic hydroxyl groups is 1. The van der Waals surface area contributed by atoms with Crippen molar-refractivity contribution in [3.8, 4) is 17.2 Å². The normalized spacial score (nSPS) is 11.9. The van der Waals surface area contributed by atoms with Crippen LogP contribution in [-0.4, -0.2) is 83.2 Å². The Morgan fingerprint density at radius 2 is 1.25 bits per heavy atom. The number of aliphatic hydroxyl groups excluding tert-OH is 1. The maximum atomic E-state index is 12.0. The van der Waals surface area contributed by atoms with Crippen molar-refractivity contribution in [3.63, 3.8) is 0 Å². The first kappa shape index (κ1) is 52.1. The van der Waals surface area contributed by atoms with Gasteiger partial charge in [0.05, 0.1) is 49.6 Å². The predicted molar refractivity (Wildman–Crippen MR) is 260 cm³/mol. The third kappa shape index (κ3) is 15.4. The molecule has 20 nitrogen and oxygen atoms in total. The second-order valence-electron chi connectivity index (χ2n) is 14.9. The van der Waals surface area contributed by atoms with Crippen molar-refractivity contribution in [1.29, 1.82) is 0 Å². The molecule has 5 N–H and O–H groups in total. The number of halogens is 2. The number of rotatable bonds is 23. The molecule has 0 amide bonds. The summed E-state index contributed by atoms with van der Waals surface area (Å²) < 4.78 is 84.5. The molecule has 5 aromatic carbocycles. The van der Waals surface area contributed by atoms with E-state index >= 15 is 0 Å². The van der Waals surface area contributed by atoms with E-state index in [2.05, 4.69) is 57.6 Å². The van der Waals surface area contributed by atoms with Gasteiger partial charge in [0.25, 0.3) is 20.2 Å². The molecule has 1 aromatic heterocycles. The van der Waals surface area contributed by atoms with E-state index in [4.69, 9.17) is 29.2 Å². The largest absolute Gasteiger partial charge is 0.495 e. The van der Waals surface area contributed by atoms with E-state index in [9.17, 15) is 40.9 Å². The molecule has 69 heavy (non-hydrogen) atoms. The number of anilines is 1. The maximum absolute atomic E-state index is 12.0. The monoisotopic (exact) mass is 1110 g/mol. The summed E-state index contributed by atoms with van der Waals surface area (Å²) in [5, 5.41) is 39.2. The van der Waals surface area contributed by atoms with E-state index in [-0.39, 0.29) is 79.2 Å². The first-order valence-electron chi connectivity index (χ1n) is 20.8. The molecule has 0 saturated heterocycles. The Balaban J connectivity index is 1.37. The number of nitrogens with zero attached hydrogens (tertiary/aromatic N) is 7. The molecule has 0 aliphatic heterocycles. The van der Waals surface area contributed by atoms with E-state index < -0.39 is 36.9 Å². The SMILES string of the molecule is CCCOc1cc(N=Nc2ccc(CO)cc2)c(Br)cc1Cc1nc(Cc2cc(Br)c(N=Nc3ccc(OC)c(S(=O)(=O)O)c3)cc2OCCCS(=O)(=O)O)nc(NCc2ccc(C(=O)O)cc2)n1. The highest BCUT2D eigenvalue weighted by atomic mass is 79.9. The number of carbonyl (C=O) groups is 1. The molecule has 0 saturated carbocycles. The van der Waals surface area contributed by atoms with E-state index in [1.165, 1.54) is 37.4 Å². The van der Waals surface area contributed by atoms with Crippen LogP contribution >= 0.6 is 31.9 Å².